The van der Waals surface area contributed by atoms with Crippen LogP contribution in [0.25, 0.3) is 0 Å². The minimum Gasteiger partial charge on any atom is -0.465 e. The number of ether oxygens (including phenoxy) is 1. The highest BCUT2D eigenvalue weighted by atomic mass is 35.7. The van der Waals surface area contributed by atoms with E-state index in [2.05, 4.69) is 4.74 Å². The van der Waals surface area contributed by atoms with Crippen LogP contribution in [-0.2, 0) is 20.0 Å². The van der Waals surface area contributed by atoms with Gasteiger partial charge in [-0.1, -0.05) is 0 Å². The van der Waals surface area contributed by atoms with Crippen molar-refractivity contribution in [1.29, 1.82) is 0 Å². The molecule has 0 N–H and O–H groups in total. The molecular formula is C9H6ClF3O4S. The van der Waals surface area contributed by atoms with Gasteiger partial charge in [-0.05, 0) is 18.2 Å². The molecule has 0 saturated carbocycles. The summed E-state index contributed by atoms with van der Waals surface area (Å²) in [6.45, 7) is 0. The van der Waals surface area contributed by atoms with Crippen LogP contribution in [0.1, 0.15) is 15.9 Å². The quantitative estimate of drug-likeness (QED) is 0.622. The Morgan fingerprint density at radius 1 is 1.33 bits per heavy atom. The van der Waals surface area contributed by atoms with Gasteiger partial charge in [-0.2, -0.15) is 13.2 Å². The van der Waals surface area contributed by atoms with Crippen LogP contribution in [0.4, 0.5) is 13.2 Å². The summed E-state index contributed by atoms with van der Waals surface area (Å²) in [5.74, 6) is -1.30. The third-order valence-electron chi connectivity index (χ3n) is 1.98. The lowest BCUT2D eigenvalue weighted by atomic mass is 10.1. The van der Waals surface area contributed by atoms with E-state index in [-0.39, 0.29) is 0 Å². The molecule has 18 heavy (non-hydrogen) atoms. The maximum absolute atomic E-state index is 12.6. The molecular weight excluding hydrogens is 297 g/mol. The highest BCUT2D eigenvalue weighted by Crippen LogP contribution is 2.33. The summed E-state index contributed by atoms with van der Waals surface area (Å²) in [7, 11) is 1.63. The number of esters is 1. The molecule has 0 bridgehead atoms. The summed E-state index contributed by atoms with van der Waals surface area (Å²) >= 11 is 0. The van der Waals surface area contributed by atoms with Crippen molar-refractivity contribution in [2.45, 2.75) is 11.1 Å². The van der Waals surface area contributed by atoms with Crippen LogP contribution < -0.4 is 0 Å². The minimum atomic E-state index is -4.81. The Labute approximate surface area is 105 Å². The van der Waals surface area contributed by atoms with Crippen molar-refractivity contribution in [3.8, 4) is 0 Å². The molecule has 0 aliphatic heterocycles. The van der Waals surface area contributed by atoms with Crippen LogP contribution in [-0.4, -0.2) is 21.5 Å². The molecule has 0 radical (unpaired) electrons. The molecule has 0 aromatic heterocycles. The molecule has 0 spiro atoms. The lowest BCUT2D eigenvalue weighted by Gasteiger charge is -2.12. The van der Waals surface area contributed by atoms with Gasteiger partial charge in [0.2, 0.25) is 0 Å². The van der Waals surface area contributed by atoms with Gasteiger partial charge >= 0.3 is 12.1 Å². The topological polar surface area (TPSA) is 60.4 Å². The maximum Gasteiger partial charge on any atom is 0.417 e. The normalized spacial score (nSPS) is 12.3. The van der Waals surface area contributed by atoms with Crippen LogP contribution in [0.5, 0.6) is 0 Å². The van der Waals surface area contributed by atoms with Gasteiger partial charge in [-0.25, -0.2) is 13.2 Å². The van der Waals surface area contributed by atoms with Crippen molar-refractivity contribution in [2.75, 3.05) is 7.11 Å². The van der Waals surface area contributed by atoms with Gasteiger partial charge in [-0.15, -0.1) is 0 Å². The number of alkyl halides is 3. The van der Waals surface area contributed by atoms with E-state index in [0.717, 1.165) is 7.11 Å². The molecule has 0 unspecified atom stereocenters. The number of carbonyl (C=O) groups excluding carboxylic acids is 1. The third-order valence-corrected chi connectivity index (χ3v) is 3.33. The molecule has 1 rings (SSSR count). The Balaban J connectivity index is 3.54. The summed E-state index contributed by atoms with van der Waals surface area (Å²) in [6, 6.07) is 1.65. The van der Waals surface area contributed by atoms with Crippen LogP contribution in [0.15, 0.2) is 23.1 Å². The molecule has 0 atom stereocenters. The number of benzene rings is 1. The molecule has 0 aliphatic rings. The van der Waals surface area contributed by atoms with E-state index in [1.807, 2.05) is 0 Å². The molecule has 100 valence electrons. The molecule has 0 heterocycles. The van der Waals surface area contributed by atoms with Crippen LogP contribution in [0.3, 0.4) is 0 Å². The fourth-order valence-electron chi connectivity index (χ4n) is 1.20. The highest BCUT2D eigenvalue weighted by Gasteiger charge is 2.36. The van der Waals surface area contributed by atoms with E-state index < -0.39 is 37.2 Å². The molecule has 0 fully saturated rings. The number of hydrogen-bond donors (Lipinski definition) is 0. The maximum atomic E-state index is 12.6. The highest BCUT2D eigenvalue weighted by molar-refractivity contribution is 8.13. The van der Waals surface area contributed by atoms with E-state index in [1.54, 1.807) is 0 Å². The Kier molecular flexibility index (Phi) is 3.92. The van der Waals surface area contributed by atoms with E-state index >= 15 is 0 Å². The van der Waals surface area contributed by atoms with E-state index in [0.29, 0.717) is 18.2 Å². The minimum absolute atomic E-state index is 0.460. The largest absolute Gasteiger partial charge is 0.465 e. The van der Waals surface area contributed by atoms with Gasteiger partial charge in [0.25, 0.3) is 9.05 Å². The Bertz CT molecular complexity index is 580. The van der Waals surface area contributed by atoms with Crippen molar-refractivity contribution in [3.63, 3.8) is 0 Å². The van der Waals surface area contributed by atoms with Gasteiger partial charge in [-0.3, -0.25) is 0 Å². The Hall–Kier alpha value is -1.28. The predicted octanol–water partition coefficient (Wildman–Crippen LogP) is 2.42. The summed E-state index contributed by atoms with van der Waals surface area (Å²) in [5.41, 5.74) is -2.20. The van der Waals surface area contributed by atoms with Crippen molar-refractivity contribution >= 4 is 25.7 Å². The van der Waals surface area contributed by atoms with E-state index in [1.165, 1.54) is 0 Å². The zero-order valence-corrected chi connectivity index (χ0v) is 10.4. The first-order chi connectivity index (χ1) is 8.07. The van der Waals surface area contributed by atoms with Gasteiger partial charge in [0, 0.05) is 10.7 Å². The molecule has 0 amide bonds. The van der Waals surface area contributed by atoms with Gasteiger partial charge < -0.3 is 4.74 Å². The monoisotopic (exact) mass is 302 g/mol. The standard InChI is InChI=1S/C9H6ClF3O4S/c1-17-8(14)6-4-5(18(10,15)16)2-3-7(6)9(11,12)13/h2-4H,1H3. The molecule has 1 aromatic carbocycles. The van der Waals surface area contributed by atoms with Crippen LogP contribution in [0.2, 0.25) is 0 Å². The second-order valence-electron chi connectivity index (χ2n) is 3.13. The SMILES string of the molecule is COC(=O)c1cc(S(=O)(=O)Cl)ccc1C(F)(F)F. The van der Waals surface area contributed by atoms with E-state index in [9.17, 15) is 26.4 Å². The summed E-state index contributed by atoms with van der Waals surface area (Å²) in [6.07, 6.45) is -4.81. The van der Waals surface area contributed by atoms with Gasteiger partial charge in [0.1, 0.15) is 0 Å². The first kappa shape index (κ1) is 14.8. The lowest BCUT2D eigenvalue weighted by Crippen LogP contribution is -2.15. The second-order valence-corrected chi connectivity index (χ2v) is 5.70. The fourth-order valence-corrected chi connectivity index (χ4v) is 1.98. The van der Waals surface area contributed by atoms with Crippen molar-refractivity contribution < 1.29 is 31.1 Å². The number of halogens is 4. The van der Waals surface area contributed by atoms with Gasteiger partial charge in [0.05, 0.1) is 23.1 Å². The number of rotatable bonds is 2. The average molecular weight is 303 g/mol. The lowest BCUT2D eigenvalue weighted by molar-refractivity contribution is -0.138. The van der Waals surface area contributed by atoms with E-state index in [4.69, 9.17) is 10.7 Å². The van der Waals surface area contributed by atoms with Crippen LogP contribution in [0, 0.1) is 0 Å². The number of carbonyl (C=O) groups is 1. The molecule has 0 aliphatic carbocycles. The van der Waals surface area contributed by atoms with Gasteiger partial charge in [0.15, 0.2) is 0 Å². The summed E-state index contributed by atoms with van der Waals surface area (Å²) < 4.78 is 63.9. The molecule has 9 heteroatoms. The summed E-state index contributed by atoms with van der Waals surface area (Å²) in [4.78, 5) is 10.6. The molecule has 1 aromatic rings. The van der Waals surface area contributed by atoms with Crippen molar-refractivity contribution in [2.24, 2.45) is 0 Å². The van der Waals surface area contributed by atoms with Crippen molar-refractivity contribution in [3.05, 3.63) is 29.3 Å². The first-order valence-electron chi connectivity index (χ1n) is 4.31. The number of methoxy groups -OCH3 is 1. The Morgan fingerprint density at radius 2 is 1.89 bits per heavy atom. The molecule has 0 saturated heterocycles. The number of hydrogen-bond acceptors (Lipinski definition) is 4. The zero-order valence-electron chi connectivity index (χ0n) is 8.79. The first-order valence-corrected chi connectivity index (χ1v) is 6.62. The molecule has 4 nitrogen and oxygen atoms in total. The summed E-state index contributed by atoms with van der Waals surface area (Å²) in [5, 5.41) is 0. The van der Waals surface area contributed by atoms with Crippen LogP contribution >= 0.6 is 10.7 Å². The Morgan fingerprint density at radius 3 is 2.28 bits per heavy atom. The fraction of sp³-hybridized carbons (Fsp3) is 0.222. The smallest absolute Gasteiger partial charge is 0.417 e. The zero-order chi connectivity index (χ0) is 14.1. The van der Waals surface area contributed by atoms with Crippen molar-refractivity contribution in [1.82, 2.24) is 0 Å². The predicted molar refractivity (Wildman–Crippen MR) is 55.8 cm³/mol. The second kappa shape index (κ2) is 4.77. The average Bonchev–Trinajstić information content (AvgIpc) is 2.24. The third kappa shape index (κ3) is 3.14.